The third kappa shape index (κ3) is 3.41. The summed E-state index contributed by atoms with van der Waals surface area (Å²) < 4.78 is 51.5. The maximum Gasteiger partial charge on any atom is 0.433 e. The molecule has 2 aromatic rings. The van der Waals surface area contributed by atoms with Gasteiger partial charge < -0.3 is 5.32 Å². The van der Waals surface area contributed by atoms with Crippen molar-refractivity contribution in [2.45, 2.75) is 6.18 Å². The maximum absolute atomic E-state index is 13.6. The molecule has 2 rings (SSSR count). The van der Waals surface area contributed by atoms with E-state index in [1.807, 2.05) is 0 Å². The van der Waals surface area contributed by atoms with Crippen molar-refractivity contribution in [1.82, 2.24) is 4.98 Å². The topological polar surface area (TPSA) is 48.7 Å². The third-order valence-electron chi connectivity index (χ3n) is 2.49. The van der Waals surface area contributed by atoms with Crippen molar-refractivity contribution in [3.63, 3.8) is 0 Å². The predicted molar refractivity (Wildman–Crippen MR) is 68.6 cm³/mol. The fourth-order valence-corrected chi connectivity index (χ4v) is 1.68. The number of anilines is 2. The van der Waals surface area contributed by atoms with Crippen LogP contribution < -0.4 is 5.32 Å². The summed E-state index contributed by atoms with van der Waals surface area (Å²) in [5.74, 6) is -1.15. The largest absolute Gasteiger partial charge is 0.433 e. The number of nitrogens with one attached hydrogen (secondary N) is 1. The summed E-state index contributed by atoms with van der Waals surface area (Å²) in [6.45, 7) is 0. The van der Waals surface area contributed by atoms with Gasteiger partial charge in [-0.25, -0.2) is 9.37 Å². The third-order valence-corrected chi connectivity index (χ3v) is 2.73. The summed E-state index contributed by atoms with van der Waals surface area (Å²) in [5, 5.41) is 11.4. The van der Waals surface area contributed by atoms with Crippen molar-refractivity contribution >= 4 is 23.1 Å². The van der Waals surface area contributed by atoms with Gasteiger partial charge in [0.1, 0.15) is 23.4 Å². The zero-order valence-electron chi connectivity index (χ0n) is 10.2. The molecule has 0 amide bonds. The fraction of sp³-hybridized carbons (Fsp3) is 0.0769. The second kappa shape index (κ2) is 5.58. The predicted octanol–water partition coefficient (Wildman–Crippen LogP) is 4.51. The first-order chi connectivity index (χ1) is 9.81. The van der Waals surface area contributed by atoms with Gasteiger partial charge in [0.15, 0.2) is 0 Å². The van der Waals surface area contributed by atoms with Crippen LogP contribution in [0.2, 0.25) is 5.02 Å². The maximum atomic E-state index is 13.6. The molecule has 108 valence electrons. The van der Waals surface area contributed by atoms with Crippen LogP contribution in [-0.2, 0) is 6.18 Å². The van der Waals surface area contributed by atoms with Gasteiger partial charge in [-0.05, 0) is 30.3 Å². The molecule has 0 saturated heterocycles. The van der Waals surface area contributed by atoms with Crippen molar-refractivity contribution < 1.29 is 17.6 Å². The number of aromatic nitrogens is 1. The Bertz CT molecular complexity index is 722. The lowest BCUT2D eigenvalue weighted by atomic mass is 10.2. The molecule has 0 spiro atoms. The van der Waals surface area contributed by atoms with Gasteiger partial charge >= 0.3 is 6.18 Å². The Kier molecular flexibility index (Phi) is 4.00. The van der Waals surface area contributed by atoms with Gasteiger partial charge in [-0.3, -0.25) is 0 Å². The van der Waals surface area contributed by atoms with Gasteiger partial charge in [0, 0.05) is 5.02 Å². The zero-order chi connectivity index (χ0) is 15.6. The average Bonchev–Trinajstić information content (AvgIpc) is 2.41. The molecule has 1 N–H and O–H groups in total. The molecule has 0 radical (unpaired) electrons. The summed E-state index contributed by atoms with van der Waals surface area (Å²) in [5.41, 5.74) is -1.46. The van der Waals surface area contributed by atoms with Crippen LogP contribution in [0.25, 0.3) is 0 Å². The van der Waals surface area contributed by atoms with Crippen LogP contribution >= 0.6 is 11.6 Å². The zero-order valence-corrected chi connectivity index (χ0v) is 10.9. The highest BCUT2D eigenvalue weighted by Crippen LogP contribution is 2.31. The highest BCUT2D eigenvalue weighted by molar-refractivity contribution is 6.30. The number of halogens is 5. The van der Waals surface area contributed by atoms with Crippen molar-refractivity contribution in [3.05, 3.63) is 52.4 Å². The van der Waals surface area contributed by atoms with E-state index < -0.39 is 17.7 Å². The Morgan fingerprint density at radius 1 is 1.19 bits per heavy atom. The second-order valence-electron chi connectivity index (χ2n) is 3.95. The molecule has 1 aromatic heterocycles. The van der Waals surface area contributed by atoms with E-state index in [9.17, 15) is 17.6 Å². The van der Waals surface area contributed by atoms with E-state index in [0.29, 0.717) is 6.07 Å². The summed E-state index contributed by atoms with van der Waals surface area (Å²) in [6.07, 6.45) is -4.66. The Morgan fingerprint density at radius 3 is 2.48 bits per heavy atom. The summed E-state index contributed by atoms with van der Waals surface area (Å²) in [7, 11) is 0. The molecular weight excluding hydrogens is 310 g/mol. The second-order valence-corrected chi connectivity index (χ2v) is 4.39. The normalized spacial score (nSPS) is 11.0. The van der Waals surface area contributed by atoms with E-state index in [-0.39, 0.29) is 22.1 Å². The molecule has 0 aliphatic rings. The number of alkyl halides is 3. The monoisotopic (exact) mass is 315 g/mol. The van der Waals surface area contributed by atoms with Gasteiger partial charge in [-0.2, -0.15) is 18.4 Å². The quantitative estimate of drug-likeness (QED) is 0.830. The number of nitrogens with zero attached hydrogens (tertiary/aromatic N) is 2. The van der Waals surface area contributed by atoms with Gasteiger partial charge in [0.25, 0.3) is 0 Å². The highest BCUT2D eigenvalue weighted by Gasteiger charge is 2.33. The molecule has 8 heteroatoms. The van der Waals surface area contributed by atoms with E-state index in [0.717, 1.165) is 12.1 Å². The SMILES string of the molecule is N#Cc1ccc(C(F)(F)F)nc1Nc1ccc(Cl)cc1F. The lowest BCUT2D eigenvalue weighted by Crippen LogP contribution is -2.10. The van der Waals surface area contributed by atoms with Gasteiger partial charge in [0.2, 0.25) is 0 Å². The summed E-state index contributed by atoms with van der Waals surface area (Å²) in [4.78, 5) is 3.32. The van der Waals surface area contributed by atoms with Crippen LogP contribution in [0.1, 0.15) is 11.3 Å². The Labute approximate surface area is 121 Å². The Morgan fingerprint density at radius 2 is 1.90 bits per heavy atom. The smallest absolute Gasteiger partial charge is 0.337 e. The average molecular weight is 316 g/mol. The molecule has 0 atom stereocenters. The molecule has 1 aromatic carbocycles. The first-order valence-electron chi connectivity index (χ1n) is 5.51. The highest BCUT2D eigenvalue weighted by atomic mass is 35.5. The Balaban J connectivity index is 2.45. The number of hydrogen-bond acceptors (Lipinski definition) is 3. The van der Waals surface area contributed by atoms with Crippen molar-refractivity contribution in [3.8, 4) is 6.07 Å². The van der Waals surface area contributed by atoms with Crippen LogP contribution in [-0.4, -0.2) is 4.98 Å². The molecule has 1 heterocycles. The Hall–Kier alpha value is -2.33. The lowest BCUT2D eigenvalue weighted by molar-refractivity contribution is -0.141. The van der Waals surface area contributed by atoms with Gasteiger partial charge in [-0.1, -0.05) is 11.6 Å². The molecule has 0 unspecified atom stereocenters. The minimum atomic E-state index is -4.66. The number of nitriles is 1. The summed E-state index contributed by atoms with van der Waals surface area (Å²) >= 11 is 5.58. The van der Waals surface area contributed by atoms with Gasteiger partial charge in [-0.15, -0.1) is 0 Å². The minimum Gasteiger partial charge on any atom is -0.337 e. The number of pyridine rings is 1. The van der Waals surface area contributed by atoms with Crippen LogP contribution in [0, 0.1) is 17.1 Å². The standard InChI is InChI=1S/C13H6ClF4N3/c14-8-2-3-10(9(15)5-8)20-12-7(6-19)1-4-11(21-12)13(16,17)18/h1-5H,(H,20,21). The molecule has 21 heavy (non-hydrogen) atoms. The number of benzene rings is 1. The van der Waals surface area contributed by atoms with Crippen molar-refractivity contribution in [2.75, 3.05) is 5.32 Å². The summed E-state index contributed by atoms with van der Waals surface area (Å²) in [6, 6.07) is 6.91. The van der Waals surface area contributed by atoms with E-state index in [1.54, 1.807) is 6.07 Å². The number of rotatable bonds is 2. The van der Waals surface area contributed by atoms with Crippen LogP contribution in [0.3, 0.4) is 0 Å². The molecule has 0 bridgehead atoms. The van der Waals surface area contributed by atoms with Gasteiger partial charge in [0.05, 0.1) is 11.3 Å². The van der Waals surface area contributed by atoms with E-state index >= 15 is 0 Å². The molecule has 0 fully saturated rings. The fourth-order valence-electron chi connectivity index (χ4n) is 1.52. The van der Waals surface area contributed by atoms with Crippen LogP contribution in [0.5, 0.6) is 0 Å². The van der Waals surface area contributed by atoms with Crippen LogP contribution in [0.4, 0.5) is 29.1 Å². The molecule has 0 saturated carbocycles. The molecule has 3 nitrogen and oxygen atoms in total. The number of hydrogen-bond donors (Lipinski definition) is 1. The first kappa shape index (κ1) is 15.1. The van der Waals surface area contributed by atoms with Crippen LogP contribution in [0.15, 0.2) is 30.3 Å². The molecule has 0 aliphatic carbocycles. The minimum absolute atomic E-state index is 0.135. The lowest BCUT2D eigenvalue weighted by Gasteiger charge is -2.11. The van der Waals surface area contributed by atoms with E-state index in [1.165, 1.54) is 12.1 Å². The van der Waals surface area contributed by atoms with Crippen molar-refractivity contribution in [1.29, 1.82) is 5.26 Å². The molecular formula is C13H6ClF4N3. The molecule has 0 aliphatic heterocycles. The first-order valence-corrected chi connectivity index (χ1v) is 5.89. The van der Waals surface area contributed by atoms with E-state index in [4.69, 9.17) is 16.9 Å². The van der Waals surface area contributed by atoms with Crippen molar-refractivity contribution in [2.24, 2.45) is 0 Å². The van der Waals surface area contributed by atoms with E-state index in [2.05, 4.69) is 10.3 Å².